The van der Waals surface area contributed by atoms with Gasteiger partial charge in [-0.15, -0.1) is 0 Å². The summed E-state index contributed by atoms with van der Waals surface area (Å²) in [5.41, 5.74) is 0. The number of carbonyl (C=O) groups excluding carboxylic acids is 1. The highest BCUT2D eigenvalue weighted by Crippen LogP contribution is 2.27. The average molecular weight is 205 g/mol. The lowest BCUT2D eigenvalue weighted by Gasteiger charge is -1.94. The maximum Gasteiger partial charge on any atom is 0.185 e. The third-order valence-corrected chi connectivity index (χ3v) is 2.51. The van der Waals surface area contributed by atoms with Gasteiger partial charge >= 0.3 is 0 Å². The molecular weight excluding hydrogens is 198 g/mol. The molecule has 0 aliphatic carbocycles. The number of hydrogen-bond donors (Lipinski definition) is 0. The maximum atomic E-state index is 10.4. The number of aldehydes is 1. The number of pyridine rings is 1. The molecule has 0 spiro atoms. The van der Waals surface area contributed by atoms with Crippen LogP contribution in [-0.4, -0.2) is 11.3 Å². The average Bonchev–Trinajstić information content (AvgIpc) is 2.67. The molecule has 14 heavy (non-hydrogen) atoms. The summed E-state index contributed by atoms with van der Waals surface area (Å²) in [4.78, 5) is 15.3. The van der Waals surface area contributed by atoms with Crippen molar-refractivity contribution in [3.63, 3.8) is 0 Å². The number of aromatic nitrogens is 1. The largest absolute Gasteiger partial charge is 0.447 e. The minimum atomic E-state index is 0.349. The molecule has 0 aliphatic rings. The third-order valence-electron chi connectivity index (χ3n) is 1.59. The summed E-state index contributed by atoms with van der Waals surface area (Å²) in [6.45, 7) is 0. The first-order chi connectivity index (χ1) is 6.88. The van der Waals surface area contributed by atoms with E-state index in [4.69, 9.17) is 4.42 Å². The van der Waals surface area contributed by atoms with E-state index in [9.17, 15) is 4.79 Å². The molecule has 2 heterocycles. The number of hydrogen-bond acceptors (Lipinski definition) is 4. The lowest BCUT2D eigenvalue weighted by molar-refractivity contribution is 0.109. The summed E-state index contributed by atoms with van der Waals surface area (Å²) in [7, 11) is 0. The van der Waals surface area contributed by atoms with Gasteiger partial charge in [-0.3, -0.25) is 9.78 Å². The van der Waals surface area contributed by atoms with Gasteiger partial charge in [0, 0.05) is 17.3 Å². The van der Waals surface area contributed by atoms with Crippen LogP contribution in [0.3, 0.4) is 0 Å². The van der Waals surface area contributed by atoms with E-state index in [-0.39, 0.29) is 0 Å². The third kappa shape index (κ3) is 2.03. The Morgan fingerprint density at radius 1 is 1.21 bits per heavy atom. The fourth-order valence-electron chi connectivity index (χ4n) is 0.975. The molecule has 0 unspecified atom stereocenters. The second kappa shape index (κ2) is 4.11. The van der Waals surface area contributed by atoms with E-state index in [0.717, 1.165) is 4.90 Å². The first-order valence-corrected chi connectivity index (χ1v) is 4.83. The lowest BCUT2D eigenvalue weighted by atomic mass is 10.5. The van der Waals surface area contributed by atoms with E-state index in [1.165, 1.54) is 11.8 Å². The molecule has 0 saturated heterocycles. The SMILES string of the molecule is O=Cc1ccc(Sc2ccncc2)o1. The van der Waals surface area contributed by atoms with Crippen molar-refractivity contribution in [1.29, 1.82) is 0 Å². The van der Waals surface area contributed by atoms with Gasteiger partial charge in [-0.1, -0.05) is 11.8 Å². The van der Waals surface area contributed by atoms with Gasteiger partial charge in [0.05, 0.1) is 0 Å². The van der Waals surface area contributed by atoms with Crippen LogP contribution in [0.25, 0.3) is 0 Å². The summed E-state index contributed by atoms with van der Waals surface area (Å²) >= 11 is 1.46. The quantitative estimate of drug-likeness (QED) is 0.722. The highest BCUT2D eigenvalue weighted by molar-refractivity contribution is 7.99. The molecule has 4 heteroatoms. The van der Waals surface area contributed by atoms with Gasteiger partial charge in [-0.05, 0) is 24.3 Å². The zero-order chi connectivity index (χ0) is 9.80. The van der Waals surface area contributed by atoms with E-state index in [0.29, 0.717) is 17.1 Å². The van der Waals surface area contributed by atoms with Crippen molar-refractivity contribution in [2.45, 2.75) is 9.99 Å². The van der Waals surface area contributed by atoms with Crippen LogP contribution in [0.2, 0.25) is 0 Å². The fraction of sp³-hybridized carbons (Fsp3) is 0. The van der Waals surface area contributed by atoms with E-state index >= 15 is 0 Å². The van der Waals surface area contributed by atoms with Gasteiger partial charge in [0.2, 0.25) is 0 Å². The zero-order valence-electron chi connectivity index (χ0n) is 7.21. The van der Waals surface area contributed by atoms with E-state index in [2.05, 4.69) is 4.98 Å². The fourth-order valence-corrected chi connectivity index (χ4v) is 1.74. The van der Waals surface area contributed by atoms with Crippen LogP contribution in [0.1, 0.15) is 10.6 Å². The molecular formula is C10H7NO2S. The number of furan rings is 1. The molecule has 2 aromatic rings. The van der Waals surface area contributed by atoms with Gasteiger partial charge in [-0.25, -0.2) is 0 Å². The summed E-state index contributed by atoms with van der Waals surface area (Å²) in [5.74, 6) is 0.349. The number of carbonyl (C=O) groups is 1. The van der Waals surface area contributed by atoms with Gasteiger partial charge in [0.15, 0.2) is 17.1 Å². The Hall–Kier alpha value is -1.55. The Labute approximate surface area is 85.2 Å². The molecule has 70 valence electrons. The molecule has 0 aromatic carbocycles. The minimum absolute atomic E-state index is 0.349. The standard InChI is InChI=1S/C10H7NO2S/c12-7-8-1-2-10(13-8)14-9-3-5-11-6-4-9/h1-7H. The van der Waals surface area contributed by atoms with Crippen LogP contribution in [0.4, 0.5) is 0 Å². The van der Waals surface area contributed by atoms with Crippen LogP contribution in [0.15, 0.2) is 51.1 Å². The molecule has 0 fully saturated rings. The predicted octanol–water partition coefficient (Wildman–Crippen LogP) is 2.64. The second-order valence-electron chi connectivity index (χ2n) is 2.56. The molecule has 0 aliphatic heterocycles. The number of nitrogens with zero attached hydrogens (tertiary/aromatic N) is 1. The van der Waals surface area contributed by atoms with Crippen LogP contribution >= 0.6 is 11.8 Å². The van der Waals surface area contributed by atoms with Crippen LogP contribution < -0.4 is 0 Å². The molecule has 0 amide bonds. The Morgan fingerprint density at radius 3 is 2.64 bits per heavy atom. The van der Waals surface area contributed by atoms with Crippen molar-refractivity contribution in [3.8, 4) is 0 Å². The van der Waals surface area contributed by atoms with E-state index in [1.807, 2.05) is 12.1 Å². The van der Waals surface area contributed by atoms with Gasteiger partial charge in [0.1, 0.15) is 0 Å². The minimum Gasteiger partial charge on any atom is -0.447 e. The van der Waals surface area contributed by atoms with Crippen LogP contribution in [-0.2, 0) is 0 Å². The Kier molecular flexibility index (Phi) is 2.65. The topological polar surface area (TPSA) is 43.1 Å². The van der Waals surface area contributed by atoms with Gasteiger partial charge in [-0.2, -0.15) is 0 Å². The molecule has 0 bridgehead atoms. The van der Waals surface area contributed by atoms with Crippen molar-refractivity contribution >= 4 is 18.0 Å². The molecule has 3 nitrogen and oxygen atoms in total. The first kappa shape index (κ1) is 9.02. The molecule has 0 saturated carbocycles. The summed E-state index contributed by atoms with van der Waals surface area (Å²) in [6, 6.07) is 7.19. The van der Waals surface area contributed by atoms with Crippen LogP contribution in [0, 0.1) is 0 Å². The molecule has 0 N–H and O–H groups in total. The summed E-state index contributed by atoms with van der Waals surface area (Å²) in [5, 5.41) is 0.707. The van der Waals surface area contributed by atoms with Crippen molar-refractivity contribution < 1.29 is 9.21 Å². The smallest absolute Gasteiger partial charge is 0.185 e. The Balaban J connectivity index is 2.15. The summed E-state index contributed by atoms with van der Waals surface area (Å²) < 4.78 is 5.21. The van der Waals surface area contributed by atoms with E-state index < -0.39 is 0 Å². The normalized spacial score (nSPS) is 10.0. The highest BCUT2D eigenvalue weighted by Gasteiger charge is 2.02. The van der Waals surface area contributed by atoms with Gasteiger partial charge in [0.25, 0.3) is 0 Å². The number of rotatable bonds is 3. The second-order valence-corrected chi connectivity index (χ2v) is 3.64. The Morgan fingerprint density at radius 2 is 2.00 bits per heavy atom. The monoisotopic (exact) mass is 205 g/mol. The molecule has 2 aromatic heterocycles. The van der Waals surface area contributed by atoms with Crippen molar-refractivity contribution in [2.75, 3.05) is 0 Å². The van der Waals surface area contributed by atoms with Crippen molar-refractivity contribution in [2.24, 2.45) is 0 Å². The molecule has 0 atom stereocenters. The van der Waals surface area contributed by atoms with Crippen molar-refractivity contribution in [3.05, 3.63) is 42.4 Å². The highest BCUT2D eigenvalue weighted by atomic mass is 32.2. The zero-order valence-corrected chi connectivity index (χ0v) is 8.03. The lowest BCUT2D eigenvalue weighted by Crippen LogP contribution is -1.72. The maximum absolute atomic E-state index is 10.4. The molecule has 0 radical (unpaired) electrons. The summed E-state index contributed by atoms with van der Waals surface area (Å²) in [6.07, 6.45) is 4.12. The van der Waals surface area contributed by atoms with Crippen molar-refractivity contribution in [1.82, 2.24) is 4.98 Å². The molecule has 2 rings (SSSR count). The first-order valence-electron chi connectivity index (χ1n) is 4.01. The predicted molar refractivity (Wildman–Crippen MR) is 52.5 cm³/mol. The van der Waals surface area contributed by atoms with E-state index in [1.54, 1.807) is 24.5 Å². The Bertz CT molecular complexity index is 425. The van der Waals surface area contributed by atoms with Crippen LogP contribution in [0.5, 0.6) is 0 Å². The van der Waals surface area contributed by atoms with Gasteiger partial charge < -0.3 is 4.42 Å².